The highest BCUT2D eigenvalue weighted by Crippen LogP contribution is 2.07. The second kappa shape index (κ2) is 6.12. The van der Waals surface area contributed by atoms with Gasteiger partial charge in [-0.15, -0.1) is 11.3 Å². The van der Waals surface area contributed by atoms with Gasteiger partial charge >= 0.3 is 6.03 Å². The first-order valence-electron chi connectivity index (χ1n) is 4.95. The highest BCUT2D eigenvalue weighted by Gasteiger charge is 2.12. The summed E-state index contributed by atoms with van der Waals surface area (Å²) in [4.78, 5) is 23.2. The molecule has 1 rings (SSSR count). The van der Waals surface area contributed by atoms with E-state index in [9.17, 15) is 9.59 Å². The van der Waals surface area contributed by atoms with Crippen LogP contribution in [0.4, 0.5) is 4.79 Å². The van der Waals surface area contributed by atoms with E-state index in [0.717, 1.165) is 6.42 Å². The molecule has 0 aliphatic heterocycles. The molecule has 0 radical (unpaired) electrons. The number of carbonyl (C=O) groups excluding carboxylic acids is 2. The fourth-order valence-corrected chi connectivity index (χ4v) is 1.90. The van der Waals surface area contributed by atoms with Gasteiger partial charge in [-0.25, -0.2) is 4.79 Å². The number of hydrogen-bond donors (Lipinski definition) is 3. The predicted molar refractivity (Wildman–Crippen MR) is 63.2 cm³/mol. The van der Waals surface area contributed by atoms with Crippen LogP contribution in [0.25, 0.3) is 0 Å². The fourth-order valence-electron chi connectivity index (χ4n) is 1.20. The molecular formula is C10H15N3O2S. The molecule has 0 fully saturated rings. The Kier molecular flexibility index (Phi) is 4.78. The van der Waals surface area contributed by atoms with E-state index in [4.69, 9.17) is 5.73 Å². The summed E-state index contributed by atoms with van der Waals surface area (Å²) < 4.78 is 0. The lowest BCUT2D eigenvalue weighted by Gasteiger charge is -2.11. The molecule has 1 aromatic rings. The van der Waals surface area contributed by atoms with Crippen molar-refractivity contribution >= 4 is 23.3 Å². The average Bonchev–Trinajstić information content (AvgIpc) is 2.69. The summed E-state index contributed by atoms with van der Waals surface area (Å²) in [6.07, 6.45) is 0.798. The number of urea groups is 1. The third kappa shape index (κ3) is 4.31. The third-order valence-electron chi connectivity index (χ3n) is 2.00. The largest absolute Gasteiger partial charge is 0.354 e. The number of primary amides is 1. The maximum absolute atomic E-state index is 11.4. The van der Waals surface area contributed by atoms with Crippen LogP contribution in [0.2, 0.25) is 0 Å². The van der Waals surface area contributed by atoms with Gasteiger partial charge in [0.2, 0.25) is 5.91 Å². The lowest BCUT2D eigenvalue weighted by atomic mass is 10.3. The SMILES string of the molecule is CC(NC(N)=O)C(=O)NCCc1cccs1. The van der Waals surface area contributed by atoms with E-state index >= 15 is 0 Å². The van der Waals surface area contributed by atoms with Gasteiger partial charge < -0.3 is 16.4 Å². The van der Waals surface area contributed by atoms with Gasteiger partial charge in [0.05, 0.1) is 0 Å². The summed E-state index contributed by atoms with van der Waals surface area (Å²) in [6.45, 7) is 2.15. The summed E-state index contributed by atoms with van der Waals surface area (Å²) in [6, 6.07) is 2.70. The summed E-state index contributed by atoms with van der Waals surface area (Å²) >= 11 is 1.65. The zero-order valence-corrected chi connectivity index (χ0v) is 9.84. The van der Waals surface area contributed by atoms with Crippen LogP contribution < -0.4 is 16.4 Å². The van der Waals surface area contributed by atoms with Crippen LogP contribution in [-0.4, -0.2) is 24.5 Å². The van der Waals surface area contributed by atoms with Crippen molar-refractivity contribution in [3.8, 4) is 0 Å². The van der Waals surface area contributed by atoms with Crippen LogP contribution in [0.15, 0.2) is 17.5 Å². The molecule has 0 saturated heterocycles. The lowest BCUT2D eigenvalue weighted by molar-refractivity contribution is -0.122. The molecule has 0 aliphatic carbocycles. The van der Waals surface area contributed by atoms with E-state index in [1.54, 1.807) is 18.3 Å². The standard InChI is InChI=1S/C10H15N3O2S/c1-7(13-10(11)15)9(14)12-5-4-8-3-2-6-16-8/h2-3,6-7H,4-5H2,1H3,(H,12,14)(H3,11,13,15). The molecule has 1 heterocycles. The van der Waals surface area contributed by atoms with Crippen molar-refractivity contribution in [1.82, 2.24) is 10.6 Å². The Morgan fingerprint density at radius 1 is 1.56 bits per heavy atom. The average molecular weight is 241 g/mol. The Morgan fingerprint density at radius 3 is 2.88 bits per heavy atom. The van der Waals surface area contributed by atoms with Gasteiger partial charge in [0.15, 0.2) is 0 Å². The first-order chi connectivity index (χ1) is 7.59. The molecule has 0 aromatic carbocycles. The molecule has 1 unspecified atom stereocenters. The lowest BCUT2D eigenvalue weighted by Crippen LogP contribution is -2.47. The summed E-state index contributed by atoms with van der Waals surface area (Å²) in [5.41, 5.74) is 4.91. The fraction of sp³-hybridized carbons (Fsp3) is 0.400. The summed E-state index contributed by atoms with van der Waals surface area (Å²) in [5.74, 6) is -0.227. The first-order valence-corrected chi connectivity index (χ1v) is 5.83. The topological polar surface area (TPSA) is 84.2 Å². The Balaban J connectivity index is 2.22. The number of nitrogens with two attached hydrogens (primary N) is 1. The van der Waals surface area contributed by atoms with Gasteiger partial charge in [0, 0.05) is 11.4 Å². The Hall–Kier alpha value is -1.56. The van der Waals surface area contributed by atoms with Gasteiger partial charge in [0.1, 0.15) is 6.04 Å². The first kappa shape index (κ1) is 12.5. The van der Waals surface area contributed by atoms with E-state index in [2.05, 4.69) is 10.6 Å². The molecule has 3 amide bonds. The van der Waals surface area contributed by atoms with Crippen LogP contribution in [0, 0.1) is 0 Å². The maximum Gasteiger partial charge on any atom is 0.312 e. The molecule has 16 heavy (non-hydrogen) atoms. The Bertz CT molecular complexity index is 351. The highest BCUT2D eigenvalue weighted by molar-refractivity contribution is 7.09. The molecule has 1 atom stereocenters. The van der Waals surface area contributed by atoms with Crippen LogP contribution in [0.5, 0.6) is 0 Å². The number of hydrogen-bond acceptors (Lipinski definition) is 3. The predicted octanol–water partition coefficient (Wildman–Crippen LogP) is 0.464. The zero-order valence-electron chi connectivity index (χ0n) is 9.03. The van der Waals surface area contributed by atoms with Crippen LogP contribution in [0.1, 0.15) is 11.8 Å². The van der Waals surface area contributed by atoms with Crippen molar-refractivity contribution in [1.29, 1.82) is 0 Å². The molecule has 5 nitrogen and oxygen atoms in total. The second-order valence-electron chi connectivity index (χ2n) is 3.35. The quantitative estimate of drug-likeness (QED) is 0.700. The van der Waals surface area contributed by atoms with Crippen molar-refractivity contribution < 1.29 is 9.59 Å². The van der Waals surface area contributed by atoms with E-state index in [-0.39, 0.29) is 5.91 Å². The normalized spacial score (nSPS) is 11.8. The maximum atomic E-state index is 11.4. The molecule has 4 N–H and O–H groups in total. The van der Waals surface area contributed by atoms with E-state index in [1.807, 2.05) is 17.5 Å². The van der Waals surface area contributed by atoms with Crippen LogP contribution >= 0.6 is 11.3 Å². The number of carbonyl (C=O) groups is 2. The number of thiophene rings is 1. The van der Waals surface area contributed by atoms with Crippen LogP contribution in [-0.2, 0) is 11.2 Å². The summed E-state index contributed by atoms with van der Waals surface area (Å²) in [5, 5.41) is 7.03. The number of rotatable bonds is 5. The third-order valence-corrected chi connectivity index (χ3v) is 2.94. The molecule has 0 spiro atoms. The molecular weight excluding hydrogens is 226 g/mol. The van der Waals surface area contributed by atoms with Gasteiger partial charge in [-0.05, 0) is 24.8 Å². The van der Waals surface area contributed by atoms with Crippen molar-refractivity contribution in [3.63, 3.8) is 0 Å². The van der Waals surface area contributed by atoms with E-state index in [1.165, 1.54) is 4.88 Å². The van der Waals surface area contributed by atoms with Crippen molar-refractivity contribution in [3.05, 3.63) is 22.4 Å². The minimum Gasteiger partial charge on any atom is -0.354 e. The van der Waals surface area contributed by atoms with Crippen molar-refractivity contribution in [2.75, 3.05) is 6.54 Å². The molecule has 0 aliphatic rings. The van der Waals surface area contributed by atoms with Gasteiger partial charge in [0.25, 0.3) is 0 Å². The number of amides is 3. The monoisotopic (exact) mass is 241 g/mol. The van der Waals surface area contributed by atoms with E-state index < -0.39 is 12.1 Å². The van der Waals surface area contributed by atoms with Crippen LogP contribution in [0.3, 0.4) is 0 Å². The van der Waals surface area contributed by atoms with Crippen molar-refractivity contribution in [2.24, 2.45) is 5.73 Å². The smallest absolute Gasteiger partial charge is 0.312 e. The van der Waals surface area contributed by atoms with Gasteiger partial charge in [-0.3, -0.25) is 4.79 Å². The minimum absolute atomic E-state index is 0.227. The zero-order chi connectivity index (χ0) is 12.0. The molecule has 6 heteroatoms. The molecule has 0 saturated carbocycles. The van der Waals surface area contributed by atoms with Gasteiger partial charge in [-0.2, -0.15) is 0 Å². The summed E-state index contributed by atoms with van der Waals surface area (Å²) in [7, 11) is 0. The highest BCUT2D eigenvalue weighted by atomic mass is 32.1. The molecule has 0 bridgehead atoms. The molecule has 88 valence electrons. The second-order valence-corrected chi connectivity index (χ2v) is 4.38. The minimum atomic E-state index is -0.694. The van der Waals surface area contributed by atoms with Gasteiger partial charge in [-0.1, -0.05) is 6.07 Å². The Morgan fingerprint density at radius 2 is 2.31 bits per heavy atom. The Labute approximate surface area is 98.0 Å². The van der Waals surface area contributed by atoms with E-state index in [0.29, 0.717) is 6.54 Å². The van der Waals surface area contributed by atoms with Crippen molar-refractivity contribution in [2.45, 2.75) is 19.4 Å². The number of nitrogens with one attached hydrogen (secondary N) is 2. The molecule has 1 aromatic heterocycles.